The molecule has 2 aromatic carbocycles. The number of amidine groups is 1. The van der Waals surface area contributed by atoms with Gasteiger partial charge in [0.15, 0.2) is 0 Å². The lowest BCUT2D eigenvalue weighted by molar-refractivity contribution is -0.195. The molecule has 4 rings (SSSR count). The van der Waals surface area contributed by atoms with Gasteiger partial charge in [0.2, 0.25) is 0 Å². The van der Waals surface area contributed by atoms with E-state index in [1.54, 1.807) is 6.07 Å². The highest BCUT2D eigenvalue weighted by Crippen LogP contribution is 2.39. The number of carbonyl (C=O) groups is 2. The quantitative estimate of drug-likeness (QED) is 0.588. The van der Waals surface area contributed by atoms with Gasteiger partial charge in [0, 0.05) is 5.56 Å². The summed E-state index contributed by atoms with van der Waals surface area (Å²) >= 11 is 0. The predicted octanol–water partition coefficient (Wildman–Crippen LogP) is 3.51. The van der Waals surface area contributed by atoms with Crippen LogP contribution in [0.2, 0.25) is 0 Å². The van der Waals surface area contributed by atoms with Crippen molar-refractivity contribution in [2.24, 2.45) is 4.99 Å². The van der Waals surface area contributed by atoms with Crippen LogP contribution < -0.4 is 5.32 Å². The number of aliphatic imine (C=N–C) groups is 1. The van der Waals surface area contributed by atoms with Crippen LogP contribution in [0.25, 0.3) is 0 Å². The van der Waals surface area contributed by atoms with Crippen LogP contribution in [-0.2, 0) is 21.2 Å². The number of nitrogens with zero attached hydrogens (tertiary/aromatic N) is 2. The molecular weight excluding hydrogens is 475 g/mol. The Morgan fingerprint density at radius 2 is 1.62 bits per heavy atom. The Bertz CT molecular complexity index is 1340. The molecule has 2 heterocycles. The number of furan rings is 1. The summed E-state index contributed by atoms with van der Waals surface area (Å²) in [6.07, 6.45) is -4.19. The molecule has 0 fully saturated rings. The fourth-order valence-electron chi connectivity index (χ4n) is 3.33. The van der Waals surface area contributed by atoms with Gasteiger partial charge in [0.05, 0.1) is 17.7 Å². The molecule has 8 nitrogen and oxygen atoms in total. The van der Waals surface area contributed by atoms with Crippen molar-refractivity contribution in [1.29, 1.82) is 0 Å². The molecule has 1 atom stereocenters. The van der Waals surface area contributed by atoms with Crippen LogP contribution in [0, 0.1) is 0 Å². The monoisotopic (exact) mass is 491 g/mol. The van der Waals surface area contributed by atoms with Crippen molar-refractivity contribution in [3.63, 3.8) is 0 Å². The van der Waals surface area contributed by atoms with Crippen molar-refractivity contribution in [2.75, 3.05) is 0 Å². The van der Waals surface area contributed by atoms with Crippen molar-refractivity contribution in [3.8, 4) is 0 Å². The normalized spacial score (nSPS) is 18.6. The van der Waals surface area contributed by atoms with Crippen molar-refractivity contribution in [1.82, 2.24) is 10.2 Å². The lowest BCUT2D eigenvalue weighted by Crippen LogP contribution is -2.63. The van der Waals surface area contributed by atoms with Gasteiger partial charge in [-0.05, 0) is 24.3 Å². The zero-order valence-corrected chi connectivity index (χ0v) is 18.0. The second kappa shape index (κ2) is 8.45. The van der Waals surface area contributed by atoms with Crippen LogP contribution in [0.5, 0.6) is 0 Å². The molecule has 0 radical (unpaired) electrons. The van der Waals surface area contributed by atoms with E-state index >= 15 is 0 Å². The van der Waals surface area contributed by atoms with Gasteiger partial charge in [-0.15, -0.1) is 0 Å². The van der Waals surface area contributed by atoms with E-state index in [1.165, 1.54) is 66.2 Å². The van der Waals surface area contributed by atoms with E-state index in [2.05, 4.69) is 4.99 Å². The number of carbonyl (C=O) groups excluding carboxylic acids is 2. The van der Waals surface area contributed by atoms with Gasteiger partial charge in [-0.3, -0.25) is 14.5 Å². The molecule has 1 aliphatic rings. The molecule has 0 saturated heterocycles. The maximum absolute atomic E-state index is 14.4. The average Bonchev–Trinajstić information content (AvgIpc) is 3.43. The molecule has 1 N–H and O–H groups in total. The van der Waals surface area contributed by atoms with Gasteiger partial charge >= 0.3 is 17.1 Å². The molecule has 2 amide bonds. The van der Waals surface area contributed by atoms with Gasteiger partial charge in [-0.2, -0.15) is 13.2 Å². The molecule has 1 aromatic heterocycles. The van der Waals surface area contributed by atoms with E-state index in [4.69, 9.17) is 4.42 Å². The summed E-state index contributed by atoms with van der Waals surface area (Å²) in [4.78, 5) is 29.6. The summed E-state index contributed by atoms with van der Waals surface area (Å²) in [5, 5.41) is -0.645. The minimum atomic E-state index is -5.47. The number of halogens is 3. The van der Waals surface area contributed by atoms with Crippen LogP contribution in [-0.4, -0.2) is 42.1 Å². The molecule has 0 aliphatic carbocycles. The Labute approximate surface area is 191 Å². The standard InChI is InChI=1S/C22H16F3N3O5S/c23-22(24,25)21(27-20(30)34(31,32)17-11-5-2-6-12-17)19(29)28(14-16-10-7-13-33-16)18(26-21)15-8-3-1-4-9-15/h1-13H,14H2,(H,27,30). The van der Waals surface area contributed by atoms with Crippen LogP contribution >= 0.6 is 0 Å². The molecule has 176 valence electrons. The molecule has 1 aliphatic heterocycles. The fraction of sp³-hybridized carbons (Fsp3) is 0.136. The summed E-state index contributed by atoms with van der Waals surface area (Å²) in [7, 11) is -4.91. The van der Waals surface area contributed by atoms with Gasteiger partial charge < -0.3 is 9.73 Å². The molecule has 34 heavy (non-hydrogen) atoms. The van der Waals surface area contributed by atoms with E-state index in [-0.39, 0.29) is 11.3 Å². The summed E-state index contributed by atoms with van der Waals surface area (Å²) in [5.74, 6) is -1.93. The van der Waals surface area contributed by atoms with Crippen molar-refractivity contribution in [2.45, 2.75) is 23.3 Å². The number of rotatable bonds is 5. The minimum Gasteiger partial charge on any atom is -0.467 e. The van der Waals surface area contributed by atoms with E-state index < -0.39 is 50.1 Å². The molecule has 3 aromatic rings. The third-order valence-electron chi connectivity index (χ3n) is 5.00. The first-order chi connectivity index (χ1) is 16.1. The largest absolute Gasteiger partial charge is 0.467 e. The minimum absolute atomic E-state index is 0.147. The Kier molecular flexibility index (Phi) is 5.77. The molecule has 1 unspecified atom stereocenters. The fourth-order valence-corrected chi connectivity index (χ4v) is 4.34. The van der Waals surface area contributed by atoms with Gasteiger partial charge in [0.1, 0.15) is 11.6 Å². The Hall–Kier alpha value is -3.93. The molecule has 0 bridgehead atoms. The second-order valence-electron chi connectivity index (χ2n) is 7.21. The Morgan fingerprint density at radius 1 is 1.00 bits per heavy atom. The first-order valence-electron chi connectivity index (χ1n) is 9.75. The predicted molar refractivity (Wildman–Crippen MR) is 113 cm³/mol. The number of sulfone groups is 1. The first-order valence-corrected chi connectivity index (χ1v) is 11.2. The van der Waals surface area contributed by atoms with Crippen LogP contribution in [0.3, 0.4) is 0 Å². The number of alkyl halides is 3. The lowest BCUT2D eigenvalue weighted by Gasteiger charge is -2.28. The SMILES string of the molecule is O=C1N(Cc2ccco2)C(c2ccccc2)=NC1(NC(=O)S(=O)(=O)c1ccccc1)C(F)(F)F. The van der Waals surface area contributed by atoms with E-state index in [0.29, 0.717) is 4.90 Å². The van der Waals surface area contributed by atoms with Crippen molar-refractivity contribution in [3.05, 3.63) is 90.4 Å². The highest BCUT2D eigenvalue weighted by Gasteiger charge is 2.68. The average molecular weight is 491 g/mol. The van der Waals surface area contributed by atoms with E-state index in [9.17, 15) is 31.2 Å². The van der Waals surface area contributed by atoms with E-state index in [1.807, 2.05) is 0 Å². The summed E-state index contributed by atoms with van der Waals surface area (Å²) in [6.45, 7) is -0.432. The third-order valence-corrected chi connectivity index (χ3v) is 6.48. The molecule has 0 saturated carbocycles. The van der Waals surface area contributed by atoms with Crippen molar-refractivity contribution < 1.29 is 35.6 Å². The van der Waals surface area contributed by atoms with Gasteiger partial charge in [-0.1, -0.05) is 48.5 Å². The molecular formula is C22H16F3N3O5S. The Morgan fingerprint density at radius 3 is 2.18 bits per heavy atom. The second-order valence-corrected chi connectivity index (χ2v) is 9.06. The van der Waals surface area contributed by atoms with E-state index in [0.717, 1.165) is 12.1 Å². The van der Waals surface area contributed by atoms with Gasteiger partial charge in [0.25, 0.3) is 15.7 Å². The summed E-state index contributed by atoms with van der Waals surface area (Å²) in [5.41, 5.74) is -3.71. The molecule has 12 heteroatoms. The molecule has 0 spiro atoms. The van der Waals surface area contributed by atoms with Crippen LogP contribution in [0.4, 0.5) is 18.0 Å². The maximum atomic E-state index is 14.4. The third kappa shape index (κ3) is 3.96. The number of amides is 2. The zero-order chi connectivity index (χ0) is 24.6. The number of nitrogens with one attached hydrogen (secondary N) is 1. The first kappa shape index (κ1) is 23.2. The maximum Gasteiger partial charge on any atom is 0.442 e. The smallest absolute Gasteiger partial charge is 0.442 e. The van der Waals surface area contributed by atoms with Gasteiger partial charge in [-0.25, -0.2) is 13.4 Å². The van der Waals surface area contributed by atoms with Crippen molar-refractivity contribution >= 4 is 26.8 Å². The zero-order valence-electron chi connectivity index (χ0n) is 17.2. The summed E-state index contributed by atoms with van der Waals surface area (Å²) in [6, 6.07) is 16.6. The highest BCUT2D eigenvalue weighted by atomic mass is 32.2. The van der Waals surface area contributed by atoms with Crippen LogP contribution in [0.15, 0.2) is 93.4 Å². The topological polar surface area (TPSA) is 109 Å². The number of benzene rings is 2. The summed E-state index contributed by atoms with van der Waals surface area (Å²) < 4.78 is 73.5. The number of hydrogen-bond acceptors (Lipinski definition) is 6. The lowest BCUT2D eigenvalue weighted by atomic mass is 10.1. The number of hydrogen-bond donors (Lipinski definition) is 1. The highest BCUT2D eigenvalue weighted by molar-refractivity contribution is 8.06. The van der Waals surface area contributed by atoms with Crippen LogP contribution in [0.1, 0.15) is 11.3 Å². The Balaban J connectivity index is 1.81.